The molecule has 182 valence electrons. The van der Waals surface area contributed by atoms with Gasteiger partial charge in [-0.15, -0.1) is 0 Å². The average Bonchev–Trinajstić information content (AvgIpc) is 3.11. The molecule has 2 aliphatic rings. The van der Waals surface area contributed by atoms with Crippen molar-refractivity contribution in [2.75, 3.05) is 57.4 Å². The third-order valence-electron chi connectivity index (χ3n) is 5.97. The van der Waals surface area contributed by atoms with E-state index in [0.717, 1.165) is 12.1 Å². The molecule has 2 heterocycles. The summed E-state index contributed by atoms with van der Waals surface area (Å²) < 4.78 is 45.8. The van der Waals surface area contributed by atoms with Gasteiger partial charge in [-0.25, -0.2) is 12.8 Å². The second-order valence-corrected chi connectivity index (χ2v) is 10.00. The molecule has 12 heteroatoms. The maximum absolute atomic E-state index is 13.5. The van der Waals surface area contributed by atoms with Crippen LogP contribution in [0.5, 0.6) is 0 Å². The Morgan fingerprint density at radius 3 is 2.35 bits per heavy atom. The van der Waals surface area contributed by atoms with E-state index in [-0.39, 0.29) is 41.7 Å². The Balaban J connectivity index is 1.56. The van der Waals surface area contributed by atoms with E-state index in [1.54, 1.807) is 6.07 Å². The lowest BCUT2D eigenvalue weighted by Crippen LogP contribution is -2.40. The SMILES string of the molecule is O=C(c1cc([N+](=O)[O-])ccc1N1CCOCC1)N1CCCN(S(=O)(=O)c2ccc(F)cc2)CC1. The monoisotopic (exact) mass is 492 g/mol. The minimum Gasteiger partial charge on any atom is -0.378 e. The molecule has 0 N–H and O–H groups in total. The van der Waals surface area contributed by atoms with Crippen molar-refractivity contribution < 1.29 is 27.3 Å². The van der Waals surface area contributed by atoms with Crippen LogP contribution in [0.4, 0.5) is 15.8 Å². The highest BCUT2D eigenvalue weighted by molar-refractivity contribution is 7.89. The number of amides is 1. The van der Waals surface area contributed by atoms with Crippen LogP contribution in [0.15, 0.2) is 47.4 Å². The minimum atomic E-state index is -3.84. The van der Waals surface area contributed by atoms with Crippen LogP contribution in [0.1, 0.15) is 16.8 Å². The third kappa shape index (κ3) is 5.03. The molecule has 0 saturated carbocycles. The molecule has 0 aromatic heterocycles. The second-order valence-electron chi connectivity index (χ2n) is 8.06. The summed E-state index contributed by atoms with van der Waals surface area (Å²) in [4.78, 5) is 27.8. The van der Waals surface area contributed by atoms with Gasteiger partial charge in [-0.3, -0.25) is 14.9 Å². The molecule has 4 rings (SSSR count). The van der Waals surface area contributed by atoms with Crippen molar-refractivity contribution in [1.82, 2.24) is 9.21 Å². The van der Waals surface area contributed by atoms with E-state index in [1.807, 2.05) is 4.90 Å². The minimum absolute atomic E-state index is 0.0121. The number of ether oxygens (including phenoxy) is 1. The lowest BCUT2D eigenvalue weighted by Gasteiger charge is -2.31. The second kappa shape index (κ2) is 10.0. The maximum atomic E-state index is 13.5. The van der Waals surface area contributed by atoms with Gasteiger partial charge in [-0.2, -0.15) is 4.31 Å². The molecule has 0 radical (unpaired) electrons. The Morgan fingerprint density at radius 1 is 0.971 bits per heavy atom. The summed E-state index contributed by atoms with van der Waals surface area (Å²) in [7, 11) is -3.84. The molecule has 0 unspecified atom stereocenters. The molecule has 2 aromatic rings. The Morgan fingerprint density at radius 2 is 1.68 bits per heavy atom. The summed E-state index contributed by atoms with van der Waals surface area (Å²) >= 11 is 0. The lowest BCUT2D eigenvalue weighted by molar-refractivity contribution is -0.384. The van der Waals surface area contributed by atoms with Crippen molar-refractivity contribution in [3.05, 3.63) is 64.0 Å². The largest absolute Gasteiger partial charge is 0.378 e. The summed E-state index contributed by atoms with van der Waals surface area (Å²) in [5.41, 5.74) is 0.626. The number of halogens is 1. The quantitative estimate of drug-likeness (QED) is 0.464. The fourth-order valence-corrected chi connectivity index (χ4v) is 5.62. The number of carbonyl (C=O) groups is 1. The molecule has 2 aliphatic heterocycles. The molecule has 0 atom stereocenters. The third-order valence-corrected chi connectivity index (χ3v) is 7.88. The Labute approximate surface area is 196 Å². The van der Waals surface area contributed by atoms with E-state index < -0.39 is 20.8 Å². The molecule has 2 saturated heterocycles. The number of nitro groups is 1. The Kier molecular flexibility index (Phi) is 7.10. The van der Waals surface area contributed by atoms with Crippen LogP contribution < -0.4 is 4.90 Å². The van der Waals surface area contributed by atoms with Crippen LogP contribution in [0.25, 0.3) is 0 Å². The first-order chi connectivity index (χ1) is 16.3. The highest BCUT2D eigenvalue weighted by Crippen LogP contribution is 2.28. The standard InChI is InChI=1S/C22H25FN4O6S/c23-17-2-5-19(6-3-17)34(31,32)26-9-1-8-25(10-11-26)22(28)20-16-18(27(29)30)4-7-21(20)24-12-14-33-15-13-24/h2-7,16H,1,8-15H2. The van der Waals surface area contributed by atoms with Crippen molar-refractivity contribution in [1.29, 1.82) is 0 Å². The van der Waals surface area contributed by atoms with Gasteiger partial charge in [-0.05, 0) is 36.8 Å². The summed E-state index contributed by atoms with van der Waals surface area (Å²) in [5, 5.41) is 11.4. The first-order valence-corrected chi connectivity index (χ1v) is 12.4. The topological polar surface area (TPSA) is 113 Å². The molecule has 0 aliphatic carbocycles. The number of non-ortho nitro benzene ring substituents is 1. The van der Waals surface area contributed by atoms with E-state index in [1.165, 1.54) is 33.5 Å². The molecule has 2 aromatic carbocycles. The van der Waals surface area contributed by atoms with Crippen LogP contribution in [-0.4, -0.2) is 80.9 Å². The number of benzene rings is 2. The van der Waals surface area contributed by atoms with Crippen molar-refractivity contribution >= 4 is 27.3 Å². The molecular weight excluding hydrogens is 467 g/mol. The van der Waals surface area contributed by atoms with Crippen LogP contribution in [-0.2, 0) is 14.8 Å². The van der Waals surface area contributed by atoms with Gasteiger partial charge in [0.2, 0.25) is 10.0 Å². The van der Waals surface area contributed by atoms with Crippen molar-refractivity contribution in [2.24, 2.45) is 0 Å². The molecule has 2 fully saturated rings. The van der Waals surface area contributed by atoms with Gasteiger partial charge in [0, 0.05) is 51.4 Å². The zero-order valence-electron chi connectivity index (χ0n) is 18.4. The first kappa shape index (κ1) is 24.0. The predicted octanol–water partition coefficient (Wildman–Crippen LogP) is 2.11. The smallest absolute Gasteiger partial charge is 0.270 e. The zero-order chi connectivity index (χ0) is 24.3. The van der Waals surface area contributed by atoms with Crippen molar-refractivity contribution in [3.8, 4) is 0 Å². The van der Waals surface area contributed by atoms with Gasteiger partial charge < -0.3 is 14.5 Å². The highest BCUT2D eigenvalue weighted by Gasteiger charge is 2.30. The molecular formula is C22H25FN4O6S. The fraction of sp³-hybridized carbons (Fsp3) is 0.409. The number of nitrogens with zero attached hydrogens (tertiary/aromatic N) is 4. The van der Waals surface area contributed by atoms with Gasteiger partial charge in [0.1, 0.15) is 5.82 Å². The summed E-state index contributed by atoms with van der Waals surface area (Å²) in [5.74, 6) is -0.911. The van der Waals surface area contributed by atoms with Gasteiger partial charge in [-0.1, -0.05) is 0 Å². The van der Waals surface area contributed by atoms with Crippen LogP contribution in [0, 0.1) is 15.9 Å². The van der Waals surface area contributed by atoms with Gasteiger partial charge in [0.25, 0.3) is 11.6 Å². The number of carbonyl (C=O) groups excluding carboxylic acids is 1. The van der Waals surface area contributed by atoms with Gasteiger partial charge in [0.05, 0.1) is 34.3 Å². The number of nitro benzene ring substituents is 1. The maximum Gasteiger partial charge on any atom is 0.270 e. The highest BCUT2D eigenvalue weighted by atomic mass is 32.2. The van der Waals surface area contributed by atoms with Crippen LogP contribution in [0.3, 0.4) is 0 Å². The van der Waals surface area contributed by atoms with Crippen molar-refractivity contribution in [3.63, 3.8) is 0 Å². The normalized spacial score (nSPS) is 17.9. The van der Waals surface area contributed by atoms with E-state index in [2.05, 4.69) is 0 Å². The van der Waals surface area contributed by atoms with E-state index in [9.17, 15) is 27.7 Å². The molecule has 0 spiro atoms. The summed E-state index contributed by atoms with van der Waals surface area (Å²) in [6.45, 7) is 2.80. The lowest BCUT2D eigenvalue weighted by atomic mass is 10.1. The van der Waals surface area contributed by atoms with E-state index >= 15 is 0 Å². The molecule has 34 heavy (non-hydrogen) atoms. The molecule has 10 nitrogen and oxygen atoms in total. The molecule has 1 amide bonds. The van der Waals surface area contributed by atoms with Gasteiger partial charge >= 0.3 is 0 Å². The van der Waals surface area contributed by atoms with E-state index in [4.69, 9.17) is 4.74 Å². The summed E-state index contributed by atoms with van der Waals surface area (Å²) in [6.07, 6.45) is 0.397. The number of anilines is 1. The first-order valence-electron chi connectivity index (χ1n) is 10.9. The zero-order valence-corrected chi connectivity index (χ0v) is 19.2. The fourth-order valence-electron chi connectivity index (χ4n) is 4.15. The Bertz CT molecular complexity index is 1170. The number of morpholine rings is 1. The van der Waals surface area contributed by atoms with Crippen LogP contribution >= 0.6 is 0 Å². The average molecular weight is 493 g/mol. The number of hydrogen-bond donors (Lipinski definition) is 0. The van der Waals surface area contributed by atoms with E-state index in [0.29, 0.717) is 45.0 Å². The Hall–Kier alpha value is -3.09. The van der Waals surface area contributed by atoms with Crippen molar-refractivity contribution in [2.45, 2.75) is 11.3 Å². The molecule has 0 bridgehead atoms. The predicted molar refractivity (Wildman–Crippen MR) is 122 cm³/mol. The van der Waals surface area contributed by atoms with Gasteiger partial charge in [0.15, 0.2) is 0 Å². The number of rotatable bonds is 5. The van der Waals surface area contributed by atoms with Crippen LogP contribution in [0.2, 0.25) is 0 Å². The number of hydrogen-bond acceptors (Lipinski definition) is 7. The summed E-state index contributed by atoms with van der Waals surface area (Å²) in [6, 6.07) is 8.87. The number of sulfonamides is 1.